The van der Waals surface area contributed by atoms with Crippen LogP contribution in [0, 0.1) is 5.92 Å². The number of hydrogen-bond donors (Lipinski definition) is 0. The summed E-state index contributed by atoms with van der Waals surface area (Å²) in [7, 11) is 0. The van der Waals surface area contributed by atoms with Crippen LogP contribution in [-0.2, 0) is 0 Å². The fourth-order valence-corrected chi connectivity index (χ4v) is 4.74. The maximum Gasteiger partial charge on any atom is -0.0351 e. The molecule has 0 heterocycles. The largest absolute Gasteiger partial charge is 0.0885 e. The van der Waals surface area contributed by atoms with Gasteiger partial charge in [-0.3, -0.25) is 0 Å². The molecule has 30 heavy (non-hydrogen) atoms. The van der Waals surface area contributed by atoms with Gasteiger partial charge in [0.15, 0.2) is 0 Å². The van der Waals surface area contributed by atoms with Gasteiger partial charge in [-0.1, -0.05) is 161 Å². The van der Waals surface area contributed by atoms with Crippen molar-refractivity contribution < 1.29 is 0 Å². The van der Waals surface area contributed by atoms with Gasteiger partial charge in [-0.2, -0.15) is 0 Å². The Bertz CT molecular complexity index is 316. The van der Waals surface area contributed by atoms with Crippen molar-refractivity contribution in [3.8, 4) is 0 Å². The first-order chi connectivity index (χ1) is 14.8. The molecule has 0 aromatic rings. The fourth-order valence-electron chi connectivity index (χ4n) is 4.74. The molecule has 0 amide bonds. The van der Waals surface area contributed by atoms with E-state index >= 15 is 0 Å². The first-order valence-electron chi connectivity index (χ1n) is 14.5. The molecule has 1 unspecified atom stereocenters. The van der Waals surface area contributed by atoms with Gasteiger partial charge in [0.1, 0.15) is 0 Å². The Morgan fingerprint density at radius 1 is 0.367 bits per heavy atom. The van der Waals surface area contributed by atoms with Gasteiger partial charge in [0.25, 0.3) is 0 Å². The van der Waals surface area contributed by atoms with Crippen molar-refractivity contribution in [2.45, 2.75) is 175 Å². The molecule has 0 N–H and O–H groups in total. The molecule has 0 aliphatic carbocycles. The molecule has 0 fully saturated rings. The summed E-state index contributed by atoms with van der Waals surface area (Å²) >= 11 is 0. The summed E-state index contributed by atoms with van der Waals surface area (Å²) in [5, 5.41) is 0. The van der Waals surface area contributed by atoms with E-state index in [2.05, 4.69) is 32.9 Å². The minimum Gasteiger partial charge on any atom is -0.0885 e. The predicted octanol–water partition coefficient (Wildman–Crippen LogP) is 11.6. The summed E-state index contributed by atoms with van der Waals surface area (Å²) in [6, 6.07) is 0. The van der Waals surface area contributed by atoms with Crippen LogP contribution in [0.1, 0.15) is 175 Å². The average Bonchev–Trinajstić information content (AvgIpc) is 2.75. The van der Waals surface area contributed by atoms with Crippen molar-refractivity contribution in [3.05, 3.63) is 12.2 Å². The molecule has 180 valence electrons. The van der Waals surface area contributed by atoms with Crippen molar-refractivity contribution in [1.82, 2.24) is 0 Å². The third-order valence-corrected chi connectivity index (χ3v) is 6.79. The minimum absolute atomic E-state index is 1.02. The highest BCUT2D eigenvalue weighted by molar-refractivity contribution is 4.81. The van der Waals surface area contributed by atoms with Gasteiger partial charge in [0.05, 0.1) is 0 Å². The fraction of sp³-hybridized carbons (Fsp3) is 0.933. The summed E-state index contributed by atoms with van der Waals surface area (Å²) in [5.41, 5.74) is 0. The van der Waals surface area contributed by atoms with Gasteiger partial charge in [-0.25, -0.2) is 0 Å². The molecule has 0 aromatic heterocycles. The molecule has 0 aliphatic heterocycles. The molecule has 1 atom stereocenters. The lowest BCUT2D eigenvalue weighted by atomic mass is 9.90. The van der Waals surface area contributed by atoms with Crippen LogP contribution in [0.4, 0.5) is 0 Å². The second-order valence-electron chi connectivity index (χ2n) is 9.94. The summed E-state index contributed by atoms with van der Waals surface area (Å²) in [6.07, 6.45) is 39.4. The van der Waals surface area contributed by atoms with E-state index in [1.165, 1.54) is 154 Å². The van der Waals surface area contributed by atoms with Crippen molar-refractivity contribution in [2.75, 3.05) is 0 Å². The van der Waals surface area contributed by atoms with Crippen LogP contribution in [-0.4, -0.2) is 0 Å². The SMILES string of the molecule is CCCCCC=CCCCCCC(CCC)CCCCCCCCCCCCCC. The zero-order valence-corrected chi connectivity index (χ0v) is 21.7. The monoisotopic (exact) mass is 420 g/mol. The van der Waals surface area contributed by atoms with E-state index in [4.69, 9.17) is 0 Å². The molecule has 0 aliphatic rings. The van der Waals surface area contributed by atoms with Crippen LogP contribution >= 0.6 is 0 Å². The highest BCUT2D eigenvalue weighted by Gasteiger charge is 2.07. The lowest BCUT2D eigenvalue weighted by molar-refractivity contribution is 0.378. The average molecular weight is 421 g/mol. The smallest absolute Gasteiger partial charge is 0.0351 e. The van der Waals surface area contributed by atoms with E-state index in [1.54, 1.807) is 0 Å². The van der Waals surface area contributed by atoms with E-state index in [-0.39, 0.29) is 0 Å². The standard InChI is InChI=1S/C30H60/c1-4-7-9-11-13-15-17-18-20-22-24-26-29-30(27-6-3)28-25-23-21-19-16-14-12-10-8-5-2/h14,16,30H,4-13,15,17-29H2,1-3H3. The quantitative estimate of drug-likeness (QED) is 0.102. The molecule has 0 aromatic carbocycles. The lowest BCUT2D eigenvalue weighted by Gasteiger charge is -2.16. The van der Waals surface area contributed by atoms with Gasteiger partial charge in [-0.05, 0) is 31.6 Å². The summed E-state index contributed by atoms with van der Waals surface area (Å²) < 4.78 is 0. The van der Waals surface area contributed by atoms with Crippen LogP contribution in [0.15, 0.2) is 12.2 Å². The first-order valence-corrected chi connectivity index (χ1v) is 14.5. The zero-order valence-electron chi connectivity index (χ0n) is 21.7. The molecule has 0 rings (SSSR count). The van der Waals surface area contributed by atoms with Crippen molar-refractivity contribution >= 4 is 0 Å². The first kappa shape index (κ1) is 29.7. The second kappa shape index (κ2) is 26.8. The number of unbranched alkanes of at least 4 members (excludes halogenated alkanes) is 17. The molecular formula is C30H60. The summed E-state index contributed by atoms with van der Waals surface area (Å²) in [4.78, 5) is 0. The van der Waals surface area contributed by atoms with Crippen LogP contribution in [0.2, 0.25) is 0 Å². The van der Waals surface area contributed by atoms with Crippen LogP contribution in [0.3, 0.4) is 0 Å². The van der Waals surface area contributed by atoms with Gasteiger partial charge >= 0.3 is 0 Å². The lowest BCUT2D eigenvalue weighted by Crippen LogP contribution is -2.00. The molecular weight excluding hydrogens is 360 g/mol. The topological polar surface area (TPSA) is 0 Å². The second-order valence-corrected chi connectivity index (χ2v) is 9.94. The Kier molecular flexibility index (Phi) is 26.5. The molecule has 0 spiro atoms. The number of rotatable bonds is 25. The van der Waals surface area contributed by atoms with E-state index in [0.29, 0.717) is 0 Å². The molecule has 0 bridgehead atoms. The highest BCUT2D eigenvalue weighted by Crippen LogP contribution is 2.23. The zero-order chi connectivity index (χ0) is 22.0. The Morgan fingerprint density at radius 3 is 1.20 bits per heavy atom. The number of hydrogen-bond acceptors (Lipinski definition) is 0. The maximum atomic E-state index is 2.44. The molecule has 0 radical (unpaired) electrons. The van der Waals surface area contributed by atoms with Crippen molar-refractivity contribution in [1.29, 1.82) is 0 Å². The number of allylic oxidation sites excluding steroid dienone is 2. The Labute approximate surface area is 193 Å². The maximum absolute atomic E-state index is 2.44. The third kappa shape index (κ3) is 24.0. The van der Waals surface area contributed by atoms with Crippen LogP contribution in [0.5, 0.6) is 0 Å². The predicted molar refractivity (Wildman–Crippen MR) is 140 cm³/mol. The van der Waals surface area contributed by atoms with Crippen molar-refractivity contribution in [2.24, 2.45) is 5.92 Å². The Balaban J connectivity index is 3.45. The molecule has 0 saturated heterocycles. The van der Waals surface area contributed by atoms with Crippen LogP contribution < -0.4 is 0 Å². The van der Waals surface area contributed by atoms with E-state index in [0.717, 1.165) is 5.92 Å². The molecule has 0 heteroatoms. The normalized spacial score (nSPS) is 12.8. The molecule has 0 nitrogen and oxygen atoms in total. The molecule has 0 saturated carbocycles. The Hall–Kier alpha value is -0.260. The summed E-state index contributed by atoms with van der Waals surface area (Å²) in [6.45, 7) is 6.96. The minimum atomic E-state index is 1.02. The van der Waals surface area contributed by atoms with Gasteiger partial charge < -0.3 is 0 Å². The van der Waals surface area contributed by atoms with E-state index in [9.17, 15) is 0 Å². The highest BCUT2D eigenvalue weighted by atomic mass is 14.1. The van der Waals surface area contributed by atoms with Gasteiger partial charge in [0.2, 0.25) is 0 Å². The van der Waals surface area contributed by atoms with E-state index < -0.39 is 0 Å². The van der Waals surface area contributed by atoms with Crippen molar-refractivity contribution in [3.63, 3.8) is 0 Å². The third-order valence-electron chi connectivity index (χ3n) is 6.79. The Morgan fingerprint density at radius 2 is 0.733 bits per heavy atom. The van der Waals surface area contributed by atoms with Gasteiger partial charge in [-0.15, -0.1) is 0 Å². The summed E-state index contributed by atoms with van der Waals surface area (Å²) in [5.74, 6) is 1.02. The van der Waals surface area contributed by atoms with Crippen LogP contribution in [0.25, 0.3) is 0 Å². The van der Waals surface area contributed by atoms with Gasteiger partial charge in [0, 0.05) is 0 Å². The van der Waals surface area contributed by atoms with E-state index in [1.807, 2.05) is 0 Å².